The predicted molar refractivity (Wildman–Crippen MR) is 172 cm³/mol. The van der Waals surface area contributed by atoms with E-state index in [9.17, 15) is 0 Å². The number of nitrogens with one attached hydrogen (secondary N) is 1. The number of fused-ring (bicyclic) bond motifs is 1. The van der Waals surface area contributed by atoms with Crippen LogP contribution in [0.15, 0.2) is 60.7 Å². The molecule has 0 atom stereocenters. The first-order chi connectivity index (χ1) is 20.2. The SMILES string of the molecule is Cc1nc(Cl)c(N)c(NCCOc2ccccc2)c1C.Cc1nc(Cl)c2nc(C)n(CCOc3ccccc3)c2c1C. The second-order valence-electron chi connectivity index (χ2n) is 9.77. The van der Waals surface area contributed by atoms with Crippen molar-refractivity contribution < 1.29 is 9.47 Å². The van der Waals surface area contributed by atoms with Crippen molar-refractivity contribution in [2.75, 3.05) is 30.8 Å². The number of nitrogen functional groups attached to an aromatic ring is 1. The van der Waals surface area contributed by atoms with E-state index >= 15 is 0 Å². The highest BCUT2D eigenvalue weighted by Crippen LogP contribution is 2.30. The Morgan fingerprint density at radius 1 is 0.738 bits per heavy atom. The number of rotatable bonds is 9. The minimum Gasteiger partial charge on any atom is -0.492 e. The molecule has 0 fully saturated rings. The maximum Gasteiger partial charge on any atom is 0.157 e. The van der Waals surface area contributed by atoms with Crippen molar-refractivity contribution in [3.8, 4) is 11.5 Å². The summed E-state index contributed by atoms with van der Waals surface area (Å²) >= 11 is 12.2. The fourth-order valence-electron chi connectivity index (χ4n) is 4.46. The molecule has 0 saturated heterocycles. The number of ether oxygens (including phenoxy) is 2. The summed E-state index contributed by atoms with van der Waals surface area (Å²) in [5.74, 6) is 2.64. The number of pyridine rings is 2. The molecule has 0 bridgehead atoms. The van der Waals surface area contributed by atoms with Gasteiger partial charge >= 0.3 is 0 Å². The summed E-state index contributed by atoms with van der Waals surface area (Å²) in [6, 6.07) is 19.5. The summed E-state index contributed by atoms with van der Waals surface area (Å²) in [4.78, 5) is 13.1. The lowest BCUT2D eigenvalue weighted by Gasteiger charge is -2.15. The van der Waals surface area contributed by atoms with Crippen LogP contribution in [0.4, 0.5) is 11.4 Å². The molecule has 0 spiro atoms. The molecule has 0 aliphatic rings. The van der Waals surface area contributed by atoms with Crippen LogP contribution < -0.4 is 20.5 Å². The van der Waals surface area contributed by atoms with Gasteiger partial charge < -0.3 is 25.1 Å². The number of aromatic nitrogens is 4. The standard InChI is InChI=1S/C17H18ClN3O.C15H18ClN3O/c1-11-12(2)19-17(18)15-16(11)21(13(3)20-15)9-10-22-14-7-5-4-6-8-14;1-10-11(2)19-15(16)13(17)14(10)18-8-9-20-12-6-4-3-5-7-12/h4-8H,9-10H2,1-3H3;3-7H,8-9,17H2,1-2H3,(H,18,19). The number of hydrogen-bond acceptors (Lipinski definition) is 7. The third-order valence-corrected chi connectivity index (χ3v) is 7.49. The third-order valence-electron chi connectivity index (χ3n) is 6.94. The number of imidazole rings is 1. The van der Waals surface area contributed by atoms with Crippen molar-refractivity contribution in [3.63, 3.8) is 0 Å². The Labute approximate surface area is 256 Å². The summed E-state index contributed by atoms with van der Waals surface area (Å²) in [5.41, 5.74) is 13.0. The molecule has 0 radical (unpaired) electrons. The Balaban J connectivity index is 0.000000194. The van der Waals surface area contributed by atoms with E-state index in [2.05, 4.69) is 31.8 Å². The molecular formula is C32H36Cl2N6O2. The maximum absolute atomic E-state index is 6.23. The zero-order valence-electron chi connectivity index (χ0n) is 24.5. The zero-order valence-corrected chi connectivity index (χ0v) is 26.1. The fourth-order valence-corrected chi connectivity index (χ4v) is 4.94. The molecule has 5 aromatic rings. The molecule has 10 heteroatoms. The maximum atomic E-state index is 6.23. The van der Waals surface area contributed by atoms with Gasteiger partial charge in [0.2, 0.25) is 0 Å². The van der Waals surface area contributed by atoms with E-state index in [1.54, 1.807) is 0 Å². The van der Waals surface area contributed by atoms with E-state index in [1.807, 2.05) is 88.4 Å². The summed E-state index contributed by atoms with van der Waals surface area (Å²) in [7, 11) is 0. The first-order valence-corrected chi connectivity index (χ1v) is 14.4. The van der Waals surface area contributed by atoms with Crippen LogP contribution in [0.25, 0.3) is 11.0 Å². The third kappa shape index (κ3) is 7.43. The predicted octanol–water partition coefficient (Wildman–Crippen LogP) is 7.51. The second-order valence-corrected chi connectivity index (χ2v) is 10.5. The van der Waals surface area contributed by atoms with Crippen molar-refractivity contribution in [2.24, 2.45) is 0 Å². The Hall–Kier alpha value is -4.01. The largest absolute Gasteiger partial charge is 0.492 e. The summed E-state index contributed by atoms with van der Waals surface area (Å²) in [6.45, 7) is 12.4. The number of halogens is 2. The molecule has 42 heavy (non-hydrogen) atoms. The number of aryl methyl sites for hydroxylation is 4. The highest BCUT2D eigenvalue weighted by Gasteiger charge is 2.16. The summed E-state index contributed by atoms with van der Waals surface area (Å²) in [6.07, 6.45) is 0. The molecule has 5 rings (SSSR count). The van der Waals surface area contributed by atoms with Gasteiger partial charge in [0.1, 0.15) is 36.1 Å². The van der Waals surface area contributed by atoms with E-state index in [-0.39, 0.29) is 0 Å². The van der Waals surface area contributed by atoms with Gasteiger partial charge in [-0.15, -0.1) is 0 Å². The number of hydrogen-bond donors (Lipinski definition) is 2. The quantitative estimate of drug-likeness (QED) is 0.132. The average Bonchev–Trinajstić information content (AvgIpc) is 3.32. The van der Waals surface area contributed by atoms with Crippen LogP contribution in [0.1, 0.15) is 28.3 Å². The lowest BCUT2D eigenvalue weighted by Crippen LogP contribution is -2.14. The molecule has 8 nitrogen and oxygen atoms in total. The molecule has 220 valence electrons. The lowest BCUT2D eigenvalue weighted by molar-refractivity contribution is 0.299. The van der Waals surface area contributed by atoms with E-state index in [0.717, 1.165) is 63.1 Å². The Morgan fingerprint density at radius 2 is 1.29 bits per heavy atom. The molecule has 0 aliphatic carbocycles. The van der Waals surface area contributed by atoms with Gasteiger partial charge in [-0.25, -0.2) is 15.0 Å². The Kier molecular flexibility index (Phi) is 10.5. The fraction of sp³-hybridized carbons (Fsp3) is 0.281. The van der Waals surface area contributed by atoms with Crippen LogP contribution in [0.2, 0.25) is 10.3 Å². The van der Waals surface area contributed by atoms with Crippen molar-refractivity contribution in [2.45, 2.75) is 41.2 Å². The molecule has 3 aromatic heterocycles. The zero-order chi connectivity index (χ0) is 30.2. The average molecular weight is 608 g/mol. The normalized spacial score (nSPS) is 10.7. The minimum absolute atomic E-state index is 0.333. The van der Waals surface area contributed by atoms with Crippen LogP contribution in [0, 0.1) is 34.6 Å². The first-order valence-electron chi connectivity index (χ1n) is 13.7. The summed E-state index contributed by atoms with van der Waals surface area (Å²) in [5, 5.41) is 4.05. The number of para-hydroxylation sites is 2. The van der Waals surface area contributed by atoms with E-state index in [4.69, 9.17) is 38.4 Å². The van der Waals surface area contributed by atoms with Crippen molar-refractivity contribution >= 4 is 45.6 Å². The Morgan fingerprint density at radius 3 is 1.90 bits per heavy atom. The monoisotopic (exact) mass is 606 g/mol. The van der Waals surface area contributed by atoms with Gasteiger partial charge in [-0.05, 0) is 70.0 Å². The highest BCUT2D eigenvalue weighted by molar-refractivity contribution is 6.33. The van der Waals surface area contributed by atoms with Crippen LogP contribution in [0.3, 0.4) is 0 Å². The van der Waals surface area contributed by atoms with Crippen molar-refractivity contribution in [1.29, 1.82) is 0 Å². The Bertz CT molecular complexity index is 1620. The first kappa shape index (κ1) is 30.9. The lowest BCUT2D eigenvalue weighted by atomic mass is 10.1. The molecule has 3 N–H and O–H groups in total. The number of nitrogens with zero attached hydrogens (tertiary/aromatic N) is 4. The van der Waals surface area contributed by atoms with Gasteiger partial charge in [0.05, 0.1) is 23.4 Å². The molecular weight excluding hydrogens is 571 g/mol. The van der Waals surface area contributed by atoms with Crippen LogP contribution in [0.5, 0.6) is 11.5 Å². The molecule has 0 unspecified atom stereocenters. The van der Waals surface area contributed by atoms with E-state index < -0.39 is 0 Å². The van der Waals surface area contributed by atoms with Crippen LogP contribution >= 0.6 is 23.2 Å². The highest BCUT2D eigenvalue weighted by atomic mass is 35.5. The van der Waals surface area contributed by atoms with Gasteiger partial charge in [-0.1, -0.05) is 59.6 Å². The van der Waals surface area contributed by atoms with E-state index in [0.29, 0.717) is 35.8 Å². The van der Waals surface area contributed by atoms with Gasteiger partial charge in [0, 0.05) is 17.9 Å². The molecule has 0 aliphatic heterocycles. The van der Waals surface area contributed by atoms with Crippen molar-refractivity contribution in [3.05, 3.63) is 99.3 Å². The minimum atomic E-state index is 0.333. The van der Waals surface area contributed by atoms with Gasteiger partial charge in [-0.3, -0.25) is 0 Å². The van der Waals surface area contributed by atoms with Gasteiger partial charge in [0.15, 0.2) is 10.3 Å². The van der Waals surface area contributed by atoms with Crippen LogP contribution in [-0.2, 0) is 6.54 Å². The van der Waals surface area contributed by atoms with Gasteiger partial charge in [0.25, 0.3) is 0 Å². The molecule has 3 heterocycles. The van der Waals surface area contributed by atoms with Crippen LogP contribution in [-0.4, -0.2) is 39.3 Å². The second kappa shape index (κ2) is 14.2. The number of nitrogens with two attached hydrogens (primary N) is 1. The molecule has 0 amide bonds. The smallest absolute Gasteiger partial charge is 0.157 e. The number of benzene rings is 2. The molecule has 0 saturated carbocycles. The van der Waals surface area contributed by atoms with Crippen molar-refractivity contribution in [1.82, 2.24) is 19.5 Å². The van der Waals surface area contributed by atoms with E-state index in [1.165, 1.54) is 0 Å². The van der Waals surface area contributed by atoms with Gasteiger partial charge in [-0.2, -0.15) is 0 Å². The number of anilines is 2. The molecule has 2 aromatic carbocycles. The topological polar surface area (TPSA) is 100 Å². The summed E-state index contributed by atoms with van der Waals surface area (Å²) < 4.78 is 13.5.